The zero-order valence-electron chi connectivity index (χ0n) is 11.0. The molecule has 0 spiro atoms. The van der Waals surface area contributed by atoms with Gasteiger partial charge in [-0.3, -0.25) is 0 Å². The van der Waals surface area contributed by atoms with Crippen molar-refractivity contribution in [2.75, 3.05) is 23.7 Å². The zero-order chi connectivity index (χ0) is 12.4. The lowest BCUT2D eigenvalue weighted by Gasteiger charge is -2.33. The number of nitrogens with zero attached hydrogens (tertiary/aromatic N) is 3. The Bertz CT molecular complexity index is 399. The summed E-state index contributed by atoms with van der Waals surface area (Å²) in [5.41, 5.74) is 6.92. The van der Waals surface area contributed by atoms with Crippen LogP contribution in [0.2, 0.25) is 0 Å². The molecule has 1 aromatic heterocycles. The average molecular weight is 234 g/mol. The number of nitrogen functional groups attached to an aromatic ring is 1. The van der Waals surface area contributed by atoms with E-state index < -0.39 is 0 Å². The van der Waals surface area contributed by atoms with Gasteiger partial charge in [0.15, 0.2) is 0 Å². The van der Waals surface area contributed by atoms with Crippen molar-refractivity contribution in [1.29, 1.82) is 0 Å². The number of hydrogen-bond donors (Lipinski definition) is 1. The van der Waals surface area contributed by atoms with E-state index in [0.29, 0.717) is 5.82 Å². The minimum absolute atomic E-state index is 0.611. The summed E-state index contributed by atoms with van der Waals surface area (Å²) in [6.45, 7) is 8.16. The highest BCUT2D eigenvalue weighted by Gasteiger charge is 2.22. The Labute approximate surface area is 103 Å². The van der Waals surface area contributed by atoms with Crippen molar-refractivity contribution in [2.24, 2.45) is 5.92 Å². The van der Waals surface area contributed by atoms with Crippen molar-refractivity contribution >= 4 is 11.6 Å². The summed E-state index contributed by atoms with van der Waals surface area (Å²) < 4.78 is 0. The average Bonchev–Trinajstić information content (AvgIpc) is 2.23. The van der Waals surface area contributed by atoms with Crippen LogP contribution in [0.4, 0.5) is 11.6 Å². The van der Waals surface area contributed by atoms with E-state index in [0.717, 1.165) is 36.2 Å². The van der Waals surface area contributed by atoms with E-state index >= 15 is 0 Å². The maximum atomic E-state index is 5.91. The Kier molecular flexibility index (Phi) is 3.50. The standard InChI is InChI=1S/C13H22N4/c1-4-17(8-11-6-5-7-11)13-9(2)12(14)15-10(3)16-13/h11H,4-8H2,1-3H3,(H2,14,15,16). The molecule has 0 saturated heterocycles. The highest BCUT2D eigenvalue weighted by atomic mass is 15.2. The maximum Gasteiger partial charge on any atom is 0.137 e. The lowest BCUT2D eigenvalue weighted by molar-refractivity contribution is 0.318. The van der Waals surface area contributed by atoms with Crippen LogP contribution in [0.3, 0.4) is 0 Å². The molecule has 1 aromatic rings. The van der Waals surface area contributed by atoms with Crippen LogP contribution in [0, 0.1) is 19.8 Å². The summed E-state index contributed by atoms with van der Waals surface area (Å²) in [6, 6.07) is 0. The zero-order valence-corrected chi connectivity index (χ0v) is 11.0. The van der Waals surface area contributed by atoms with Crippen LogP contribution in [0.15, 0.2) is 0 Å². The molecule has 4 nitrogen and oxygen atoms in total. The summed E-state index contributed by atoms with van der Waals surface area (Å²) in [4.78, 5) is 11.1. The molecule has 1 heterocycles. The fourth-order valence-corrected chi connectivity index (χ4v) is 2.30. The van der Waals surface area contributed by atoms with E-state index in [-0.39, 0.29) is 0 Å². The number of aryl methyl sites for hydroxylation is 1. The predicted octanol–water partition coefficient (Wildman–Crippen LogP) is 2.30. The molecule has 0 bridgehead atoms. The summed E-state index contributed by atoms with van der Waals surface area (Å²) in [6.07, 6.45) is 4.09. The van der Waals surface area contributed by atoms with Gasteiger partial charge in [0.25, 0.3) is 0 Å². The lowest BCUT2D eigenvalue weighted by atomic mass is 9.85. The van der Waals surface area contributed by atoms with Crippen LogP contribution >= 0.6 is 0 Å². The van der Waals surface area contributed by atoms with Crippen molar-refractivity contribution in [1.82, 2.24) is 9.97 Å². The third-order valence-electron chi connectivity index (χ3n) is 3.65. The second kappa shape index (κ2) is 4.90. The van der Waals surface area contributed by atoms with E-state index in [1.165, 1.54) is 19.3 Å². The molecule has 1 fully saturated rings. The van der Waals surface area contributed by atoms with Crippen LogP contribution in [-0.4, -0.2) is 23.1 Å². The third-order valence-corrected chi connectivity index (χ3v) is 3.65. The number of rotatable bonds is 4. The molecule has 17 heavy (non-hydrogen) atoms. The summed E-state index contributed by atoms with van der Waals surface area (Å²) >= 11 is 0. The molecule has 1 aliphatic carbocycles. The monoisotopic (exact) mass is 234 g/mol. The van der Waals surface area contributed by atoms with Crippen LogP contribution in [-0.2, 0) is 0 Å². The van der Waals surface area contributed by atoms with Gasteiger partial charge in [-0.05, 0) is 39.5 Å². The fourth-order valence-electron chi connectivity index (χ4n) is 2.30. The van der Waals surface area contributed by atoms with Crippen LogP contribution in [0.5, 0.6) is 0 Å². The van der Waals surface area contributed by atoms with E-state index in [1.54, 1.807) is 0 Å². The maximum absolute atomic E-state index is 5.91. The van der Waals surface area contributed by atoms with E-state index in [9.17, 15) is 0 Å². The smallest absolute Gasteiger partial charge is 0.137 e. The first-order valence-electron chi connectivity index (χ1n) is 6.47. The highest BCUT2D eigenvalue weighted by molar-refractivity contribution is 5.56. The van der Waals surface area contributed by atoms with Crippen molar-refractivity contribution in [3.63, 3.8) is 0 Å². The molecule has 0 unspecified atom stereocenters. The number of aromatic nitrogens is 2. The second-order valence-electron chi connectivity index (χ2n) is 4.94. The Morgan fingerprint density at radius 1 is 1.29 bits per heavy atom. The quantitative estimate of drug-likeness (QED) is 0.868. The molecule has 1 saturated carbocycles. The second-order valence-corrected chi connectivity index (χ2v) is 4.94. The molecule has 0 aromatic carbocycles. The topological polar surface area (TPSA) is 55.0 Å². The lowest BCUT2D eigenvalue weighted by Crippen LogP contribution is -2.33. The SMILES string of the molecule is CCN(CC1CCC1)c1nc(C)nc(N)c1C. The van der Waals surface area contributed by atoms with E-state index in [1.807, 2.05) is 13.8 Å². The van der Waals surface area contributed by atoms with Gasteiger partial charge in [0, 0.05) is 18.7 Å². The van der Waals surface area contributed by atoms with E-state index in [2.05, 4.69) is 21.8 Å². The largest absolute Gasteiger partial charge is 0.383 e. The van der Waals surface area contributed by atoms with Gasteiger partial charge in [-0.2, -0.15) is 0 Å². The molecule has 0 aliphatic heterocycles. The highest BCUT2D eigenvalue weighted by Crippen LogP contribution is 2.30. The molecule has 0 atom stereocenters. The van der Waals surface area contributed by atoms with Crippen LogP contribution in [0.25, 0.3) is 0 Å². The molecule has 94 valence electrons. The Hall–Kier alpha value is -1.32. The van der Waals surface area contributed by atoms with Gasteiger partial charge in [0.05, 0.1) is 0 Å². The predicted molar refractivity (Wildman–Crippen MR) is 71.1 cm³/mol. The first-order chi connectivity index (χ1) is 8.11. The molecule has 2 N–H and O–H groups in total. The summed E-state index contributed by atoms with van der Waals surface area (Å²) in [5.74, 6) is 3.23. The van der Waals surface area contributed by atoms with Gasteiger partial charge in [0.1, 0.15) is 17.5 Å². The first kappa shape index (κ1) is 12.1. The van der Waals surface area contributed by atoms with Gasteiger partial charge >= 0.3 is 0 Å². The van der Waals surface area contributed by atoms with E-state index in [4.69, 9.17) is 5.73 Å². The van der Waals surface area contributed by atoms with Gasteiger partial charge < -0.3 is 10.6 Å². The molecular weight excluding hydrogens is 212 g/mol. The van der Waals surface area contributed by atoms with Crippen molar-refractivity contribution in [3.8, 4) is 0 Å². The normalized spacial score (nSPS) is 15.7. The van der Waals surface area contributed by atoms with Crippen LogP contribution < -0.4 is 10.6 Å². The molecule has 4 heteroatoms. The number of anilines is 2. The van der Waals surface area contributed by atoms with Gasteiger partial charge in [0.2, 0.25) is 0 Å². The first-order valence-corrected chi connectivity index (χ1v) is 6.47. The molecule has 2 rings (SSSR count). The van der Waals surface area contributed by atoms with Crippen molar-refractivity contribution in [2.45, 2.75) is 40.0 Å². The number of nitrogens with two attached hydrogens (primary N) is 1. The van der Waals surface area contributed by atoms with Crippen molar-refractivity contribution < 1.29 is 0 Å². The number of hydrogen-bond acceptors (Lipinski definition) is 4. The van der Waals surface area contributed by atoms with Gasteiger partial charge in [-0.25, -0.2) is 9.97 Å². The third kappa shape index (κ3) is 2.51. The van der Waals surface area contributed by atoms with Gasteiger partial charge in [-0.1, -0.05) is 6.42 Å². The molecule has 0 radical (unpaired) electrons. The Morgan fingerprint density at radius 3 is 2.53 bits per heavy atom. The fraction of sp³-hybridized carbons (Fsp3) is 0.692. The molecular formula is C13H22N4. The minimum atomic E-state index is 0.611. The molecule has 1 aliphatic rings. The Balaban J connectivity index is 2.22. The minimum Gasteiger partial charge on any atom is -0.383 e. The van der Waals surface area contributed by atoms with Gasteiger partial charge in [-0.15, -0.1) is 0 Å². The molecule has 0 amide bonds. The summed E-state index contributed by atoms with van der Waals surface area (Å²) in [7, 11) is 0. The Morgan fingerprint density at radius 2 is 2.00 bits per heavy atom. The van der Waals surface area contributed by atoms with Crippen LogP contribution in [0.1, 0.15) is 37.6 Å². The summed E-state index contributed by atoms with van der Waals surface area (Å²) in [5, 5.41) is 0. The van der Waals surface area contributed by atoms with Crippen molar-refractivity contribution in [3.05, 3.63) is 11.4 Å².